The van der Waals surface area contributed by atoms with Gasteiger partial charge in [0, 0.05) is 6.07 Å². The summed E-state index contributed by atoms with van der Waals surface area (Å²) in [5, 5.41) is 6.76. The number of aromatic nitrogens is 4. The molecule has 1 N–H and O–H groups in total. The molecule has 3 aromatic rings. The molecule has 5 nitrogen and oxygen atoms in total. The number of hydrogen-bond acceptors (Lipinski definition) is 4. The van der Waals surface area contributed by atoms with Crippen molar-refractivity contribution in [2.24, 2.45) is 0 Å². The topological polar surface area (TPSA) is 55.1 Å². The smallest absolute Gasteiger partial charge is 0.363 e. The summed E-state index contributed by atoms with van der Waals surface area (Å²) in [4.78, 5) is 7.14. The zero-order valence-electron chi connectivity index (χ0n) is 12.8. The average molecular weight is 339 g/mol. The van der Waals surface area contributed by atoms with Gasteiger partial charge < -0.3 is 5.32 Å². The first-order valence-corrected chi connectivity index (χ1v) is 7.06. The Morgan fingerprint density at radius 1 is 1.21 bits per heavy atom. The van der Waals surface area contributed by atoms with Crippen LogP contribution in [-0.4, -0.2) is 19.6 Å². The summed E-state index contributed by atoms with van der Waals surface area (Å²) in [6.45, 7) is 3.34. The van der Waals surface area contributed by atoms with Gasteiger partial charge in [-0.25, -0.2) is 9.37 Å². The molecule has 0 saturated carbocycles. The number of rotatable bonds is 3. The minimum atomic E-state index is -4.61. The lowest BCUT2D eigenvalue weighted by atomic mass is 10.1. The van der Waals surface area contributed by atoms with Gasteiger partial charge in [-0.1, -0.05) is 12.1 Å². The van der Waals surface area contributed by atoms with Crippen LogP contribution < -0.4 is 5.32 Å². The van der Waals surface area contributed by atoms with Crippen LogP contribution in [0.4, 0.5) is 23.4 Å². The van der Waals surface area contributed by atoms with Gasteiger partial charge in [-0.2, -0.15) is 27.8 Å². The number of halogens is 4. The van der Waals surface area contributed by atoms with Crippen molar-refractivity contribution in [3.8, 4) is 0 Å². The molecule has 24 heavy (non-hydrogen) atoms. The third kappa shape index (κ3) is 3.01. The molecule has 0 aliphatic rings. The molecule has 0 spiro atoms. The van der Waals surface area contributed by atoms with Gasteiger partial charge in [0.2, 0.25) is 0 Å². The minimum Gasteiger partial charge on any atom is -0.363 e. The molecule has 1 aromatic carbocycles. The average Bonchev–Trinajstić information content (AvgIpc) is 2.97. The van der Waals surface area contributed by atoms with Crippen LogP contribution >= 0.6 is 0 Å². The van der Waals surface area contributed by atoms with Crippen LogP contribution in [0.5, 0.6) is 0 Å². The molecule has 2 aromatic heterocycles. The second-order valence-electron chi connectivity index (χ2n) is 5.37. The quantitative estimate of drug-likeness (QED) is 0.738. The highest BCUT2D eigenvalue weighted by Crippen LogP contribution is 2.30. The summed E-state index contributed by atoms with van der Waals surface area (Å²) in [6.07, 6.45) is -3.49. The molecule has 126 valence electrons. The molecule has 1 atom stereocenters. The highest BCUT2D eigenvalue weighted by molar-refractivity contribution is 5.47. The zero-order chi connectivity index (χ0) is 17.5. The molecule has 0 radical (unpaired) electrons. The lowest BCUT2D eigenvalue weighted by molar-refractivity contribution is -0.141. The maximum Gasteiger partial charge on any atom is 0.433 e. The molecule has 0 fully saturated rings. The molecule has 0 aliphatic carbocycles. The van der Waals surface area contributed by atoms with Crippen LogP contribution in [0, 0.1) is 12.7 Å². The van der Waals surface area contributed by atoms with E-state index in [0.717, 1.165) is 16.9 Å². The van der Waals surface area contributed by atoms with E-state index in [2.05, 4.69) is 20.4 Å². The van der Waals surface area contributed by atoms with Gasteiger partial charge in [0.15, 0.2) is 5.69 Å². The van der Waals surface area contributed by atoms with Crippen molar-refractivity contribution in [2.45, 2.75) is 26.1 Å². The minimum absolute atomic E-state index is 0.0679. The van der Waals surface area contributed by atoms with Gasteiger partial charge in [-0.3, -0.25) is 0 Å². The second kappa shape index (κ2) is 5.73. The van der Waals surface area contributed by atoms with Crippen LogP contribution in [0.1, 0.15) is 29.8 Å². The van der Waals surface area contributed by atoms with E-state index in [-0.39, 0.29) is 17.4 Å². The van der Waals surface area contributed by atoms with E-state index >= 15 is 0 Å². The maximum absolute atomic E-state index is 13.7. The van der Waals surface area contributed by atoms with Crippen molar-refractivity contribution in [1.29, 1.82) is 0 Å². The van der Waals surface area contributed by atoms with Gasteiger partial charge in [0.05, 0.1) is 6.04 Å². The number of nitrogens with zero attached hydrogens (tertiary/aromatic N) is 4. The Morgan fingerprint density at radius 2 is 1.96 bits per heavy atom. The summed E-state index contributed by atoms with van der Waals surface area (Å²) < 4.78 is 53.7. The van der Waals surface area contributed by atoms with Crippen molar-refractivity contribution in [2.75, 3.05) is 5.32 Å². The molecule has 0 aliphatic heterocycles. The van der Waals surface area contributed by atoms with E-state index in [1.807, 2.05) is 0 Å². The van der Waals surface area contributed by atoms with E-state index in [1.54, 1.807) is 26.0 Å². The molecule has 0 bridgehead atoms. The van der Waals surface area contributed by atoms with E-state index in [4.69, 9.17) is 0 Å². The molecular weight excluding hydrogens is 326 g/mol. The monoisotopic (exact) mass is 339 g/mol. The second-order valence-corrected chi connectivity index (χ2v) is 5.37. The molecule has 2 heterocycles. The number of fused-ring (bicyclic) bond motifs is 1. The fourth-order valence-corrected chi connectivity index (χ4v) is 2.24. The van der Waals surface area contributed by atoms with Crippen molar-refractivity contribution >= 4 is 11.6 Å². The van der Waals surface area contributed by atoms with Gasteiger partial charge in [0.1, 0.15) is 18.0 Å². The zero-order valence-corrected chi connectivity index (χ0v) is 12.8. The third-order valence-electron chi connectivity index (χ3n) is 3.60. The fraction of sp³-hybridized carbons (Fsp3) is 0.267. The molecule has 3 rings (SSSR count). The lowest BCUT2D eigenvalue weighted by Crippen LogP contribution is -2.15. The standard InChI is InChI=1S/C15H13F4N5/c1-8-3-4-10(5-11(8)16)9(2)22-13-6-12(15(17,18)19)23-14-20-7-21-24(13)14/h3-7,9,22H,1-2H3. The van der Waals surface area contributed by atoms with Crippen molar-refractivity contribution in [1.82, 2.24) is 19.6 Å². The summed E-state index contributed by atoms with van der Waals surface area (Å²) in [5.74, 6) is -0.481. The number of alkyl halides is 3. The van der Waals surface area contributed by atoms with Crippen molar-refractivity contribution in [3.05, 3.63) is 53.2 Å². The number of anilines is 1. The van der Waals surface area contributed by atoms with Crippen LogP contribution in [0.3, 0.4) is 0 Å². The van der Waals surface area contributed by atoms with Gasteiger partial charge in [-0.05, 0) is 31.0 Å². The largest absolute Gasteiger partial charge is 0.433 e. The van der Waals surface area contributed by atoms with E-state index < -0.39 is 17.9 Å². The first-order valence-electron chi connectivity index (χ1n) is 7.06. The summed E-state index contributed by atoms with van der Waals surface area (Å²) in [7, 11) is 0. The SMILES string of the molecule is Cc1ccc(C(C)Nc2cc(C(F)(F)F)nc3ncnn23)cc1F. The van der Waals surface area contributed by atoms with Crippen molar-refractivity contribution < 1.29 is 17.6 Å². The Kier molecular flexibility index (Phi) is 3.86. The van der Waals surface area contributed by atoms with Gasteiger partial charge in [-0.15, -0.1) is 0 Å². The maximum atomic E-state index is 13.7. The summed E-state index contributed by atoms with van der Waals surface area (Å²) in [5.41, 5.74) is 0.0115. The van der Waals surface area contributed by atoms with Gasteiger partial charge in [0.25, 0.3) is 5.78 Å². The summed E-state index contributed by atoms with van der Waals surface area (Å²) >= 11 is 0. The number of benzene rings is 1. The highest BCUT2D eigenvalue weighted by Gasteiger charge is 2.34. The Labute approximate surface area is 134 Å². The van der Waals surface area contributed by atoms with Crippen LogP contribution in [-0.2, 0) is 6.18 Å². The molecule has 9 heteroatoms. The fourth-order valence-electron chi connectivity index (χ4n) is 2.24. The predicted octanol–water partition coefficient (Wildman–Crippen LogP) is 3.76. The molecule has 0 amide bonds. The number of hydrogen-bond donors (Lipinski definition) is 1. The number of aryl methyl sites for hydroxylation is 1. The van der Waals surface area contributed by atoms with Crippen molar-refractivity contribution in [3.63, 3.8) is 0 Å². The van der Waals surface area contributed by atoms with E-state index in [1.165, 1.54) is 6.07 Å². The lowest BCUT2D eigenvalue weighted by Gasteiger charge is -2.17. The third-order valence-corrected chi connectivity index (χ3v) is 3.60. The van der Waals surface area contributed by atoms with E-state index in [9.17, 15) is 17.6 Å². The highest BCUT2D eigenvalue weighted by atomic mass is 19.4. The number of nitrogens with one attached hydrogen (secondary N) is 1. The Hall–Kier alpha value is -2.71. The van der Waals surface area contributed by atoms with Gasteiger partial charge >= 0.3 is 6.18 Å². The molecular formula is C15H13F4N5. The molecule has 1 unspecified atom stereocenters. The summed E-state index contributed by atoms with van der Waals surface area (Å²) in [6, 6.07) is 5.07. The van der Waals surface area contributed by atoms with Crippen LogP contribution in [0.15, 0.2) is 30.6 Å². The Balaban J connectivity index is 1.99. The Morgan fingerprint density at radius 3 is 2.62 bits per heavy atom. The first kappa shape index (κ1) is 16.2. The molecule has 0 saturated heterocycles. The van der Waals surface area contributed by atoms with Crippen LogP contribution in [0.25, 0.3) is 5.78 Å². The Bertz CT molecular complexity index is 887. The predicted molar refractivity (Wildman–Crippen MR) is 79.0 cm³/mol. The first-order chi connectivity index (χ1) is 11.3. The normalized spacial score (nSPS) is 13.2. The van der Waals surface area contributed by atoms with Crippen LogP contribution in [0.2, 0.25) is 0 Å². The van der Waals surface area contributed by atoms with E-state index in [0.29, 0.717) is 11.1 Å².